The SMILES string of the molecule is C=CCOC12Oc3ccc(OCCN4CC4)cc3C3C(CCCCO)C(CCCCO)C=C(C(=NOCC)CC1N(CCC)S(=O)(=O)c1ccc(NC(C)=O)cc1)C32. The van der Waals surface area contributed by atoms with Gasteiger partial charge in [0.1, 0.15) is 24.7 Å². The van der Waals surface area contributed by atoms with Crippen LogP contribution in [0.2, 0.25) is 0 Å². The Morgan fingerprint density at radius 2 is 1.83 bits per heavy atom. The molecule has 3 N–H and O–H groups in total. The zero-order valence-corrected chi connectivity index (χ0v) is 35.1. The highest BCUT2D eigenvalue weighted by Gasteiger charge is 2.66. The van der Waals surface area contributed by atoms with Crippen LogP contribution in [0.5, 0.6) is 11.5 Å². The molecular formula is C44H62N4O9S. The third kappa shape index (κ3) is 9.63. The van der Waals surface area contributed by atoms with Crippen LogP contribution < -0.4 is 14.8 Å². The molecule has 0 aromatic heterocycles. The molecule has 2 aliphatic carbocycles. The lowest BCUT2D eigenvalue weighted by Gasteiger charge is -2.59. The van der Waals surface area contributed by atoms with E-state index < -0.39 is 27.8 Å². The van der Waals surface area contributed by atoms with Gasteiger partial charge in [-0.1, -0.05) is 37.1 Å². The minimum absolute atomic E-state index is 0.0471. The van der Waals surface area contributed by atoms with Crippen LogP contribution in [0.1, 0.15) is 83.6 Å². The van der Waals surface area contributed by atoms with Crippen molar-refractivity contribution in [1.82, 2.24) is 9.21 Å². The Morgan fingerprint density at radius 1 is 1.09 bits per heavy atom. The summed E-state index contributed by atoms with van der Waals surface area (Å²) in [6.45, 7) is 13.6. The van der Waals surface area contributed by atoms with Crippen molar-refractivity contribution >= 4 is 27.3 Å². The molecule has 1 amide bonds. The molecule has 2 heterocycles. The molecule has 1 saturated heterocycles. The number of ether oxygens (including phenoxy) is 3. The summed E-state index contributed by atoms with van der Waals surface area (Å²) < 4.78 is 52.2. The normalized spacial score (nSPS) is 25.7. The first-order chi connectivity index (χ1) is 28.1. The van der Waals surface area contributed by atoms with Crippen molar-refractivity contribution in [2.45, 2.75) is 94.8 Å². The van der Waals surface area contributed by atoms with Gasteiger partial charge in [0.2, 0.25) is 21.7 Å². The average molecular weight is 823 g/mol. The molecule has 2 aromatic rings. The predicted molar refractivity (Wildman–Crippen MR) is 223 cm³/mol. The number of unbranched alkanes of at least 4 members (excludes halogenated alkanes) is 2. The van der Waals surface area contributed by atoms with E-state index >= 15 is 8.42 Å². The minimum Gasteiger partial charge on any atom is -0.492 e. The van der Waals surface area contributed by atoms with E-state index in [1.54, 1.807) is 18.2 Å². The molecule has 58 heavy (non-hydrogen) atoms. The summed E-state index contributed by atoms with van der Waals surface area (Å²) in [6, 6.07) is 11.3. The van der Waals surface area contributed by atoms with E-state index in [-0.39, 0.29) is 61.3 Å². The van der Waals surface area contributed by atoms with Gasteiger partial charge in [-0.15, -0.1) is 6.58 Å². The number of amides is 1. The van der Waals surface area contributed by atoms with Crippen LogP contribution in [-0.4, -0.2) is 110 Å². The number of anilines is 1. The largest absolute Gasteiger partial charge is 0.492 e. The third-order valence-corrected chi connectivity index (χ3v) is 13.7. The first-order valence-electron chi connectivity index (χ1n) is 21.1. The van der Waals surface area contributed by atoms with Crippen LogP contribution in [0.4, 0.5) is 5.69 Å². The van der Waals surface area contributed by atoms with E-state index in [1.807, 2.05) is 26.0 Å². The monoisotopic (exact) mass is 822 g/mol. The van der Waals surface area contributed by atoms with Crippen molar-refractivity contribution in [1.29, 1.82) is 0 Å². The third-order valence-electron chi connectivity index (χ3n) is 11.7. The van der Waals surface area contributed by atoms with Crippen molar-refractivity contribution in [2.24, 2.45) is 22.9 Å². The first-order valence-corrected chi connectivity index (χ1v) is 22.5. The number of nitrogens with zero attached hydrogens (tertiary/aromatic N) is 3. The van der Waals surface area contributed by atoms with E-state index in [4.69, 9.17) is 24.2 Å². The number of hydrogen-bond donors (Lipinski definition) is 3. The zero-order valence-electron chi connectivity index (χ0n) is 34.3. The van der Waals surface area contributed by atoms with Gasteiger partial charge in [-0.05, 0) is 98.9 Å². The quantitative estimate of drug-likeness (QED) is 0.0518. The van der Waals surface area contributed by atoms with Crippen molar-refractivity contribution < 1.29 is 42.5 Å². The molecule has 1 saturated carbocycles. The lowest BCUT2D eigenvalue weighted by molar-refractivity contribution is -0.251. The van der Waals surface area contributed by atoms with E-state index in [0.29, 0.717) is 49.6 Å². The van der Waals surface area contributed by atoms with Crippen molar-refractivity contribution in [2.75, 3.05) is 64.5 Å². The number of hydrogen-bond acceptors (Lipinski definition) is 11. The molecule has 318 valence electrons. The zero-order chi connectivity index (χ0) is 41.3. The smallest absolute Gasteiger partial charge is 0.243 e. The summed E-state index contributed by atoms with van der Waals surface area (Å²) in [5.74, 6) is -1.05. The van der Waals surface area contributed by atoms with E-state index in [2.05, 4.69) is 28.9 Å². The van der Waals surface area contributed by atoms with Gasteiger partial charge in [0.05, 0.1) is 29.2 Å². The van der Waals surface area contributed by atoms with Crippen molar-refractivity contribution in [3.8, 4) is 11.5 Å². The molecule has 2 fully saturated rings. The average Bonchev–Trinajstić information content (AvgIpc) is 4.04. The number of carbonyl (C=O) groups is 1. The van der Waals surface area contributed by atoms with E-state index in [1.165, 1.54) is 23.4 Å². The second kappa shape index (κ2) is 20.0. The van der Waals surface area contributed by atoms with E-state index in [9.17, 15) is 15.0 Å². The van der Waals surface area contributed by atoms with Gasteiger partial charge < -0.3 is 34.6 Å². The molecule has 0 spiro atoms. The van der Waals surface area contributed by atoms with Crippen LogP contribution in [0.15, 0.2) is 76.8 Å². The number of nitrogens with one attached hydrogen (secondary N) is 1. The molecule has 2 aromatic carbocycles. The maximum absolute atomic E-state index is 15.1. The number of benzene rings is 2. The summed E-state index contributed by atoms with van der Waals surface area (Å²) in [5, 5.41) is 27.2. The van der Waals surface area contributed by atoms with Gasteiger partial charge in [0.15, 0.2) is 0 Å². The van der Waals surface area contributed by atoms with Gasteiger partial charge in [0, 0.05) is 69.9 Å². The minimum atomic E-state index is -4.20. The summed E-state index contributed by atoms with van der Waals surface area (Å²) in [5.41, 5.74) is 3.02. The molecule has 13 nitrogen and oxygen atoms in total. The fourth-order valence-corrected chi connectivity index (χ4v) is 10.9. The second-order valence-electron chi connectivity index (χ2n) is 15.7. The topological polar surface area (TPSA) is 159 Å². The molecule has 4 aliphatic rings. The highest BCUT2D eigenvalue weighted by atomic mass is 32.2. The predicted octanol–water partition coefficient (Wildman–Crippen LogP) is 6.09. The van der Waals surface area contributed by atoms with Crippen molar-refractivity contribution in [3.63, 3.8) is 0 Å². The maximum Gasteiger partial charge on any atom is 0.243 e. The molecule has 0 radical (unpaired) electrons. The van der Waals surface area contributed by atoms with Crippen LogP contribution in [-0.2, 0) is 24.4 Å². The number of sulfonamides is 1. The fraction of sp³-hybridized carbons (Fsp3) is 0.591. The van der Waals surface area contributed by atoms with Gasteiger partial charge in [-0.2, -0.15) is 4.31 Å². The number of allylic oxidation sites excluding steroid dienone is 1. The van der Waals surface area contributed by atoms with Crippen LogP contribution >= 0.6 is 0 Å². The number of aliphatic hydroxyl groups excluding tert-OH is 2. The number of oxime groups is 1. The summed E-state index contributed by atoms with van der Waals surface area (Å²) in [6.07, 6.45) is 9.19. The van der Waals surface area contributed by atoms with Crippen molar-refractivity contribution in [3.05, 3.63) is 72.3 Å². The first kappa shape index (κ1) is 43.8. The fourth-order valence-electron chi connectivity index (χ4n) is 9.16. The molecule has 0 bridgehead atoms. The standard InChI is InChI=1S/C44H62N4O9S/c1-5-20-48(58(52,53)35-17-14-33(15-18-35)45-31(4)51)41-30-39(46-56-7-3)37-28-32(12-8-10-24-49)36(13-9-11-25-50)42-38-29-34(54-27-23-47-21-22-47)16-19-40(38)57-44(41,43(37)42)55-26-6-2/h6,14-19,28-29,32,36,41-43,49-50H,2,5,7-13,20-27,30H2,1,3-4H3,(H,45,51). The Balaban J connectivity index is 1.56. The lowest BCUT2D eigenvalue weighted by Crippen LogP contribution is -2.70. The molecule has 14 heteroatoms. The Bertz CT molecular complexity index is 1880. The molecular weight excluding hydrogens is 761 g/mol. The Morgan fingerprint density at radius 3 is 2.48 bits per heavy atom. The highest BCUT2D eigenvalue weighted by Crippen LogP contribution is 2.62. The van der Waals surface area contributed by atoms with Gasteiger partial charge in [-0.25, -0.2) is 8.42 Å². The summed E-state index contributed by atoms with van der Waals surface area (Å²) >= 11 is 0. The molecule has 6 unspecified atom stereocenters. The Kier molecular flexibility index (Phi) is 15.1. The van der Waals surface area contributed by atoms with Gasteiger partial charge >= 0.3 is 0 Å². The van der Waals surface area contributed by atoms with E-state index in [0.717, 1.165) is 62.2 Å². The van der Waals surface area contributed by atoms with Crippen LogP contribution in [0.25, 0.3) is 0 Å². The van der Waals surface area contributed by atoms with Crippen LogP contribution in [0.3, 0.4) is 0 Å². The summed E-state index contributed by atoms with van der Waals surface area (Å²) in [7, 11) is -4.20. The highest BCUT2D eigenvalue weighted by molar-refractivity contribution is 7.89. The Hall–Kier alpha value is -3.79. The molecule has 6 atom stereocenters. The summed E-state index contributed by atoms with van der Waals surface area (Å²) in [4.78, 5) is 20.0. The number of carbonyl (C=O) groups excluding carboxylic acids is 1. The molecule has 2 aliphatic heterocycles. The van der Waals surface area contributed by atoms with Crippen LogP contribution in [0, 0.1) is 17.8 Å². The van der Waals surface area contributed by atoms with Gasteiger partial charge in [-0.3, -0.25) is 9.69 Å². The number of rotatable bonds is 23. The second-order valence-corrected chi connectivity index (χ2v) is 17.6. The Labute approximate surface area is 344 Å². The van der Waals surface area contributed by atoms with Gasteiger partial charge in [0.25, 0.3) is 0 Å². The number of fused-ring (bicyclic) bond motifs is 2. The lowest BCUT2D eigenvalue weighted by atomic mass is 9.55. The number of aliphatic hydroxyl groups is 2. The maximum atomic E-state index is 15.1. The molecule has 6 rings (SSSR count).